The first-order chi connectivity index (χ1) is 16.1. The Hall–Kier alpha value is -3.87. The van der Waals surface area contributed by atoms with Crippen molar-refractivity contribution < 1.29 is 4.79 Å². The molecule has 33 heavy (non-hydrogen) atoms. The molecule has 0 saturated carbocycles. The van der Waals surface area contributed by atoms with Crippen LogP contribution in [0.2, 0.25) is 0 Å². The van der Waals surface area contributed by atoms with Crippen LogP contribution >= 0.6 is 0 Å². The maximum absolute atomic E-state index is 13.0. The van der Waals surface area contributed by atoms with Crippen molar-refractivity contribution in [2.45, 2.75) is 32.1 Å². The van der Waals surface area contributed by atoms with Crippen LogP contribution in [0.5, 0.6) is 0 Å². The summed E-state index contributed by atoms with van der Waals surface area (Å²) in [7, 11) is 1.88. The third-order valence-corrected chi connectivity index (χ3v) is 6.34. The molecule has 0 aliphatic heterocycles. The van der Waals surface area contributed by atoms with Gasteiger partial charge in [-0.1, -0.05) is 42.5 Å². The summed E-state index contributed by atoms with van der Waals surface area (Å²) in [6.07, 6.45) is 7.07. The van der Waals surface area contributed by atoms with E-state index in [1.54, 1.807) is 15.6 Å². The summed E-state index contributed by atoms with van der Waals surface area (Å²) >= 11 is 0. The van der Waals surface area contributed by atoms with Gasteiger partial charge in [-0.05, 0) is 49.4 Å². The van der Waals surface area contributed by atoms with Gasteiger partial charge in [0.25, 0.3) is 0 Å². The molecule has 0 saturated heterocycles. The van der Waals surface area contributed by atoms with Crippen LogP contribution in [-0.4, -0.2) is 32.1 Å². The molecule has 1 atom stereocenters. The van der Waals surface area contributed by atoms with Gasteiger partial charge in [-0.25, -0.2) is 9.48 Å². The number of amides is 2. The second-order valence-electron chi connectivity index (χ2n) is 8.60. The Labute approximate surface area is 193 Å². The summed E-state index contributed by atoms with van der Waals surface area (Å²) in [4.78, 5) is 13.0. The standard InChI is InChI=1S/C26H28N6O/c1-18-24(21-16-28-31(2)17-21)30-32(22-12-4-3-5-13-22)25(18)29-26(33)27-15-20-11-8-10-19-9-6-7-14-23(19)20/h3-7,9,12-14,16-17,20H,8,10-11,15H2,1-2H3,(H2,27,29,33). The molecule has 2 amide bonds. The molecule has 1 unspecified atom stereocenters. The van der Waals surface area contributed by atoms with Crippen LogP contribution in [0.25, 0.3) is 16.9 Å². The molecule has 2 aromatic heterocycles. The maximum Gasteiger partial charge on any atom is 0.320 e. The summed E-state index contributed by atoms with van der Waals surface area (Å²) in [5.74, 6) is 0.994. The van der Waals surface area contributed by atoms with Crippen LogP contribution < -0.4 is 10.6 Å². The molecular formula is C26H28N6O. The fourth-order valence-electron chi connectivity index (χ4n) is 4.65. The van der Waals surface area contributed by atoms with E-state index < -0.39 is 0 Å². The SMILES string of the molecule is Cc1c(-c2cnn(C)c2)nn(-c2ccccc2)c1NC(=O)NCC1CCCc2ccccc21. The Bertz CT molecular complexity index is 1270. The summed E-state index contributed by atoms with van der Waals surface area (Å²) < 4.78 is 3.53. The summed E-state index contributed by atoms with van der Waals surface area (Å²) in [6.45, 7) is 2.58. The molecule has 2 N–H and O–H groups in total. The number of hydrogen-bond donors (Lipinski definition) is 2. The van der Waals surface area contributed by atoms with E-state index in [1.165, 1.54) is 11.1 Å². The molecule has 5 rings (SSSR count). The van der Waals surface area contributed by atoms with E-state index in [-0.39, 0.29) is 6.03 Å². The Morgan fingerprint density at radius 2 is 1.91 bits per heavy atom. The molecule has 0 bridgehead atoms. The van der Waals surface area contributed by atoms with E-state index in [9.17, 15) is 4.79 Å². The van der Waals surface area contributed by atoms with Crippen molar-refractivity contribution in [1.82, 2.24) is 24.9 Å². The van der Waals surface area contributed by atoms with Crippen molar-refractivity contribution in [3.63, 3.8) is 0 Å². The van der Waals surface area contributed by atoms with Gasteiger partial charge in [0.15, 0.2) is 0 Å². The average Bonchev–Trinajstić information content (AvgIpc) is 3.41. The molecule has 7 nitrogen and oxygen atoms in total. The van der Waals surface area contributed by atoms with Crippen LogP contribution in [0.4, 0.5) is 10.6 Å². The monoisotopic (exact) mass is 440 g/mol. The van der Waals surface area contributed by atoms with Crippen molar-refractivity contribution in [3.05, 3.63) is 83.7 Å². The number of nitrogens with one attached hydrogen (secondary N) is 2. The van der Waals surface area contributed by atoms with Gasteiger partial charge in [0.2, 0.25) is 0 Å². The van der Waals surface area contributed by atoms with Gasteiger partial charge < -0.3 is 5.32 Å². The number of aryl methyl sites for hydroxylation is 2. The minimum absolute atomic E-state index is 0.226. The minimum Gasteiger partial charge on any atom is -0.337 e. The number of urea groups is 1. The molecule has 4 aromatic rings. The summed E-state index contributed by atoms with van der Waals surface area (Å²) in [5, 5.41) is 15.2. The highest BCUT2D eigenvalue weighted by atomic mass is 16.2. The van der Waals surface area contributed by atoms with E-state index >= 15 is 0 Å². The van der Waals surface area contributed by atoms with Crippen LogP contribution in [0, 0.1) is 6.92 Å². The highest BCUT2D eigenvalue weighted by Gasteiger charge is 2.22. The number of carbonyl (C=O) groups excluding carboxylic acids is 1. The van der Waals surface area contributed by atoms with Crippen LogP contribution in [-0.2, 0) is 13.5 Å². The number of rotatable bonds is 5. The van der Waals surface area contributed by atoms with Crippen LogP contribution in [0.3, 0.4) is 0 Å². The number of hydrogen-bond acceptors (Lipinski definition) is 3. The van der Waals surface area contributed by atoms with E-state index in [2.05, 4.69) is 40.0 Å². The Morgan fingerprint density at radius 1 is 1.12 bits per heavy atom. The number of carbonyl (C=O) groups is 1. The quantitative estimate of drug-likeness (QED) is 0.467. The fraction of sp³-hybridized carbons (Fsp3) is 0.269. The van der Waals surface area contributed by atoms with Crippen molar-refractivity contribution in [2.24, 2.45) is 7.05 Å². The van der Waals surface area contributed by atoms with Gasteiger partial charge in [0.1, 0.15) is 11.5 Å². The minimum atomic E-state index is -0.226. The molecule has 168 valence electrons. The number of benzene rings is 2. The number of aromatic nitrogens is 4. The first kappa shape index (κ1) is 21.0. The molecule has 2 aromatic carbocycles. The lowest BCUT2D eigenvalue weighted by Gasteiger charge is -2.25. The number of fused-ring (bicyclic) bond motifs is 1. The predicted octanol–water partition coefficient (Wildman–Crippen LogP) is 4.82. The normalized spacial score (nSPS) is 15.2. The second-order valence-corrected chi connectivity index (χ2v) is 8.60. The van der Waals surface area contributed by atoms with Gasteiger partial charge in [0, 0.05) is 36.8 Å². The third kappa shape index (κ3) is 4.26. The van der Waals surface area contributed by atoms with Crippen molar-refractivity contribution in [3.8, 4) is 16.9 Å². The number of nitrogens with zero attached hydrogens (tertiary/aromatic N) is 4. The van der Waals surface area contributed by atoms with Gasteiger partial charge in [-0.3, -0.25) is 10.00 Å². The molecule has 0 radical (unpaired) electrons. The molecule has 1 aliphatic carbocycles. The number of anilines is 1. The van der Waals surface area contributed by atoms with Crippen molar-refractivity contribution in [1.29, 1.82) is 0 Å². The van der Waals surface area contributed by atoms with Gasteiger partial charge in [0.05, 0.1) is 11.9 Å². The predicted molar refractivity (Wildman–Crippen MR) is 130 cm³/mol. The van der Waals surface area contributed by atoms with Gasteiger partial charge >= 0.3 is 6.03 Å². The van der Waals surface area contributed by atoms with E-state index in [0.29, 0.717) is 18.3 Å². The Kier molecular flexibility index (Phi) is 5.69. The lowest BCUT2D eigenvalue weighted by atomic mass is 9.83. The zero-order valence-electron chi connectivity index (χ0n) is 19.0. The highest BCUT2D eigenvalue weighted by molar-refractivity contribution is 5.90. The average molecular weight is 441 g/mol. The molecular weight excluding hydrogens is 412 g/mol. The topological polar surface area (TPSA) is 76.8 Å². The summed E-state index contributed by atoms with van der Waals surface area (Å²) in [5.41, 5.74) is 6.23. The zero-order valence-corrected chi connectivity index (χ0v) is 19.0. The largest absolute Gasteiger partial charge is 0.337 e. The molecule has 7 heteroatoms. The van der Waals surface area contributed by atoms with Gasteiger partial charge in [-0.2, -0.15) is 10.2 Å². The molecule has 0 fully saturated rings. The zero-order chi connectivity index (χ0) is 22.8. The summed E-state index contributed by atoms with van der Waals surface area (Å²) in [6, 6.07) is 18.2. The third-order valence-electron chi connectivity index (χ3n) is 6.34. The van der Waals surface area contributed by atoms with E-state index in [0.717, 1.165) is 41.8 Å². The second kappa shape index (κ2) is 8.94. The molecule has 1 aliphatic rings. The molecule has 0 spiro atoms. The van der Waals surface area contributed by atoms with Crippen molar-refractivity contribution >= 4 is 11.8 Å². The Balaban J connectivity index is 1.38. The Morgan fingerprint density at radius 3 is 2.70 bits per heavy atom. The fourth-order valence-corrected chi connectivity index (χ4v) is 4.65. The van der Waals surface area contributed by atoms with Crippen molar-refractivity contribution in [2.75, 3.05) is 11.9 Å². The smallest absolute Gasteiger partial charge is 0.320 e. The first-order valence-electron chi connectivity index (χ1n) is 11.4. The van der Waals surface area contributed by atoms with E-state index in [4.69, 9.17) is 5.10 Å². The molecule has 2 heterocycles. The van der Waals surface area contributed by atoms with Crippen LogP contribution in [0.1, 0.15) is 35.4 Å². The number of para-hydroxylation sites is 1. The van der Waals surface area contributed by atoms with Gasteiger partial charge in [-0.15, -0.1) is 0 Å². The van der Waals surface area contributed by atoms with Crippen LogP contribution in [0.15, 0.2) is 67.0 Å². The lowest BCUT2D eigenvalue weighted by molar-refractivity contribution is 0.251. The lowest BCUT2D eigenvalue weighted by Crippen LogP contribution is -2.34. The maximum atomic E-state index is 13.0. The first-order valence-corrected chi connectivity index (χ1v) is 11.4. The van der Waals surface area contributed by atoms with E-state index in [1.807, 2.05) is 50.5 Å². The highest BCUT2D eigenvalue weighted by Crippen LogP contribution is 2.32.